The number of aliphatic hydroxyl groups is 1. The smallest absolute Gasteiger partial charge is 0.352 e. The molecule has 0 radical (unpaired) electrons. The molecule has 0 aromatic carbocycles. The second-order valence-electron chi connectivity index (χ2n) is 2.73. The van der Waals surface area contributed by atoms with Crippen LogP contribution in [-0.2, 0) is 14.2 Å². The van der Waals surface area contributed by atoms with Crippen molar-refractivity contribution in [2.45, 2.75) is 13.3 Å². The summed E-state index contributed by atoms with van der Waals surface area (Å²) in [6, 6.07) is 0. The summed E-state index contributed by atoms with van der Waals surface area (Å²) in [5, 5.41) is 19.3. The number of aliphatic carboxylic acids is 1. The van der Waals surface area contributed by atoms with Crippen molar-refractivity contribution in [1.29, 1.82) is 0 Å². The van der Waals surface area contributed by atoms with Crippen LogP contribution in [-0.4, -0.2) is 34.6 Å². The van der Waals surface area contributed by atoms with Gasteiger partial charge in [-0.05, 0) is 6.08 Å². The predicted molar refractivity (Wildman–Crippen MR) is 55.1 cm³/mol. The van der Waals surface area contributed by atoms with Gasteiger partial charge in [0.05, 0.1) is 6.35 Å². The molecular weight excluding hydrogens is 221 g/mol. The molecule has 0 aromatic rings. The Morgan fingerprint density at radius 1 is 1.47 bits per heavy atom. The largest absolute Gasteiger partial charge is 0.477 e. The second kappa shape index (κ2) is 7.20. The molecule has 0 saturated carbocycles. The van der Waals surface area contributed by atoms with E-state index in [0.717, 1.165) is 6.08 Å². The van der Waals surface area contributed by atoms with E-state index in [4.69, 9.17) is 10.2 Å². The standard InChI is InChI=1S/C8H14NO5P/c1-2-7(11)9-6(8(12)13)3-4-15(14)5-10/h3,10,15H,2,4-5H2,1H3,(H,9,11)(H,12,13). The van der Waals surface area contributed by atoms with Crippen LogP contribution >= 0.6 is 7.80 Å². The van der Waals surface area contributed by atoms with E-state index in [1.54, 1.807) is 6.92 Å². The van der Waals surface area contributed by atoms with Crippen LogP contribution < -0.4 is 5.32 Å². The Bertz CT molecular complexity index is 299. The Balaban J connectivity index is 4.45. The SMILES string of the molecule is CCC(=O)NC(=CC[PH](=O)CO)C(=O)O. The lowest BCUT2D eigenvalue weighted by Gasteiger charge is -2.03. The van der Waals surface area contributed by atoms with Gasteiger partial charge in [0, 0.05) is 12.6 Å². The number of carboxylic acids is 1. The first-order chi connectivity index (χ1) is 7.01. The van der Waals surface area contributed by atoms with Gasteiger partial charge < -0.3 is 20.1 Å². The molecule has 3 N–H and O–H groups in total. The zero-order chi connectivity index (χ0) is 11.8. The van der Waals surface area contributed by atoms with Gasteiger partial charge in [0.15, 0.2) is 0 Å². The van der Waals surface area contributed by atoms with Crippen LogP contribution in [0.3, 0.4) is 0 Å². The molecule has 6 nitrogen and oxygen atoms in total. The average Bonchev–Trinajstić information content (AvgIpc) is 2.22. The van der Waals surface area contributed by atoms with E-state index in [9.17, 15) is 14.2 Å². The van der Waals surface area contributed by atoms with Gasteiger partial charge in [-0.3, -0.25) is 4.79 Å². The maximum atomic E-state index is 10.9. The third-order valence-electron chi connectivity index (χ3n) is 1.54. The minimum Gasteiger partial charge on any atom is -0.477 e. The number of carboxylic acid groups (broad SMARTS) is 1. The van der Waals surface area contributed by atoms with Crippen LogP contribution in [0.4, 0.5) is 0 Å². The van der Waals surface area contributed by atoms with E-state index in [0.29, 0.717) is 0 Å². The van der Waals surface area contributed by atoms with Crippen molar-refractivity contribution in [2.75, 3.05) is 12.5 Å². The number of hydrogen-bond donors (Lipinski definition) is 3. The minimum absolute atomic E-state index is 0.0349. The summed E-state index contributed by atoms with van der Waals surface area (Å²) in [5.74, 6) is -1.71. The highest BCUT2D eigenvalue weighted by atomic mass is 31.1. The lowest BCUT2D eigenvalue weighted by molar-refractivity contribution is -0.134. The van der Waals surface area contributed by atoms with E-state index < -0.39 is 26.0 Å². The summed E-state index contributed by atoms with van der Waals surface area (Å²) < 4.78 is 10.9. The molecule has 0 aromatic heterocycles. The average molecular weight is 235 g/mol. The summed E-state index contributed by atoms with van der Waals surface area (Å²) in [5.41, 5.74) is -0.298. The number of allylic oxidation sites excluding steroid dienone is 1. The number of carbonyl (C=O) groups is 2. The third kappa shape index (κ3) is 6.04. The Morgan fingerprint density at radius 3 is 2.47 bits per heavy atom. The number of hydrogen-bond acceptors (Lipinski definition) is 4. The second-order valence-corrected chi connectivity index (χ2v) is 4.53. The first-order valence-electron chi connectivity index (χ1n) is 4.37. The van der Waals surface area contributed by atoms with Gasteiger partial charge in [-0.25, -0.2) is 4.79 Å². The Labute approximate surface area is 87.8 Å². The highest BCUT2D eigenvalue weighted by Gasteiger charge is 2.10. The quantitative estimate of drug-likeness (QED) is 0.443. The molecule has 1 amide bonds. The Morgan fingerprint density at radius 2 is 2.07 bits per heavy atom. The van der Waals surface area contributed by atoms with Gasteiger partial charge in [0.2, 0.25) is 5.91 Å². The number of nitrogens with one attached hydrogen (secondary N) is 1. The Kier molecular flexibility index (Phi) is 6.66. The first kappa shape index (κ1) is 13.9. The fourth-order valence-electron chi connectivity index (χ4n) is 0.711. The fourth-order valence-corrected chi connectivity index (χ4v) is 1.27. The number of rotatable bonds is 6. The van der Waals surface area contributed by atoms with Crippen LogP contribution in [0.1, 0.15) is 13.3 Å². The molecule has 1 unspecified atom stereocenters. The topological polar surface area (TPSA) is 104 Å². The molecule has 0 aliphatic heterocycles. The number of carbonyl (C=O) groups excluding carboxylic acids is 1. The summed E-state index contributed by atoms with van der Waals surface area (Å²) >= 11 is 0. The van der Waals surface area contributed by atoms with Crippen molar-refractivity contribution >= 4 is 19.7 Å². The zero-order valence-corrected chi connectivity index (χ0v) is 9.32. The number of aliphatic hydroxyl groups excluding tert-OH is 1. The van der Waals surface area contributed by atoms with E-state index >= 15 is 0 Å². The first-order valence-corrected chi connectivity index (χ1v) is 6.19. The summed E-state index contributed by atoms with van der Waals surface area (Å²) in [6.45, 7) is 1.59. The maximum absolute atomic E-state index is 10.9. The summed E-state index contributed by atoms with van der Waals surface area (Å²) in [7, 11) is -2.18. The molecule has 0 aliphatic rings. The normalized spacial score (nSPS) is 13.3. The summed E-state index contributed by atoms with van der Waals surface area (Å²) in [6.07, 6.45) is 0.815. The van der Waals surface area contributed by atoms with Gasteiger partial charge in [-0.2, -0.15) is 0 Å². The van der Waals surface area contributed by atoms with Gasteiger partial charge in [-0.15, -0.1) is 0 Å². The van der Waals surface area contributed by atoms with Gasteiger partial charge in [0.1, 0.15) is 13.5 Å². The molecule has 0 fully saturated rings. The monoisotopic (exact) mass is 235 g/mol. The van der Waals surface area contributed by atoms with Crippen LogP contribution in [0.15, 0.2) is 11.8 Å². The molecular formula is C8H14NO5P. The van der Waals surface area contributed by atoms with Crippen molar-refractivity contribution in [1.82, 2.24) is 5.32 Å². The van der Waals surface area contributed by atoms with Crippen molar-refractivity contribution in [3.63, 3.8) is 0 Å². The maximum Gasteiger partial charge on any atom is 0.352 e. The fraction of sp³-hybridized carbons (Fsp3) is 0.500. The number of amides is 1. The van der Waals surface area contributed by atoms with Crippen molar-refractivity contribution < 1.29 is 24.4 Å². The van der Waals surface area contributed by atoms with Gasteiger partial charge in [0.25, 0.3) is 0 Å². The minimum atomic E-state index is -2.18. The van der Waals surface area contributed by atoms with Crippen molar-refractivity contribution in [3.8, 4) is 0 Å². The zero-order valence-electron chi connectivity index (χ0n) is 8.32. The van der Waals surface area contributed by atoms with Crippen molar-refractivity contribution in [3.05, 3.63) is 11.8 Å². The lowest BCUT2D eigenvalue weighted by Crippen LogP contribution is -2.26. The molecule has 0 aliphatic carbocycles. The van der Waals surface area contributed by atoms with Crippen molar-refractivity contribution in [2.24, 2.45) is 0 Å². The molecule has 0 heterocycles. The molecule has 0 saturated heterocycles. The summed E-state index contributed by atoms with van der Waals surface area (Å²) in [4.78, 5) is 21.5. The van der Waals surface area contributed by atoms with Crippen LogP contribution in [0, 0.1) is 0 Å². The van der Waals surface area contributed by atoms with E-state index in [-0.39, 0.29) is 18.3 Å². The van der Waals surface area contributed by atoms with Gasteiger partial charge >= 0.3 is 5.97 Å². The highest BCUT2D eigenvalue weighted by Crippen LogP contribution is 2.17. The molecule has 0 rings (SSSR count). The molecule has 86 valence electrons. The molecule has 0 spiro atoms. The molecule has 7 heteroatoms. The highest BCUT2D eigenvalue weighted by molar-refractivity contribution is 7.44. The predicted octanol–water partition coefficient (Wildman–Crippen LogP) is -0.00940. The van der Waals surface area contributed by atoms with Gasteiger partial charge in [-0.1, -0.05) is 6.92 Å². The molecule has 1 atom stereocenters. The van der Waals surface area contributed by atoms with Crippen LogP contribution in [0.2, 0.25) is 0 Å². The van der Waals surface area contributed by atoms with E-state index in [1.807, 2.05) is 0 Å². The van der Waals surface area contributed by atoms with Crippen LogP contribution in [0.25, 0.3) is 0 Å². The molecule has 15 heavy (non-hydrogen) atoms. The van der Waals surface area contributed by atoms with E-state index in [2.05, 4.69) is 5.32 Å². The van der Waals surface area contributed by atoms with Crippen LogP contribution in [0.5, 0.6) is 0 Å². The third-order valence-corrected chi connectivity index (χ3v) is 2.55. The van der Waals surface area contributed by atoms with E-state index in [1.165, 1.54) is 0 Å². The Hall–Kier alpha value is -1.13. The lowest BCUT2D eigenvalue weighted by atomic mass is 10.3. The molecule has 0 bridgehead atoms.